The fourth-order valence-electron chi connectivity index (χ4n) is 0.833. The van der Waals surface area contributed by atoms with Gasteiger partial charge in [-0.05, 0) is 25.1 Å². The molecule has 0 bridgehead atoms. The highest BCUT2D eigenvalue weighted by Crippen LogP contribution is 2.14. The summed E-state index contributed by atoms with van der Waals surface area (Å²) < 4.78 is 1.08. The molecule has 0 radical (unpaired) electrons. The normalized spacial score (nSPS) is 8.50. The fourth-order valence-corrected chi connectivity index (χ4v) is 1.23. The monoisotopic (exact) mass is 223 g/mol. The molecule has 0 atom stereocenters. The molecule has 1 nitrogen and oxygen atoms in total. The maximum absolute atomic E-state index is 3.40. The second-order valence-corrected chi connectivity index (χ2v) is 3.21. The van der Waals surface area contributed by atoms with Gasteiger partial charge in [-0.2, -0.15) is 0 Å². The van der Waals surface area contributed by atoms with Crippen LogP contribution in [0.1, 0.15) is 6.92 Å². The average molecular weight is 224 g/mol. The van der Waals surface area contributed by atoms with Gasteiger partial charge >= 0.3 is 0 Å². The minimum absolute atomic E-state index is 0.701. The van der Waals surface area contributed by atoms with Crippen LogP contribution in [0.3, 0.4) is 0 Å². The lowest BCUT2D eigenvalue weighted by atomic mass is 10.3. The zero-order valence-corrected chi connectivity index (χ0v) is 8.48. The van der Waals surface area contributed by atoms with Crippen molar-refractivity contribution in [1.82, 2.24) is 0 Å². The molecule has 2 heteroatoms. The first-order valence-corrected chi connectivity index (χ1v) is 4.51. The van der Waals surface area contributed by atoms with Crippen LogP contribution in [-0.4, -0.2) is 6.54 Å². The summed E-state index contributed by atoms with van der Waals surface area (Å²) in [6.07, 6.45) is 0. The van der Waals surface area contributed by atoms with Crippen molar-refractivity contribution in [2.75, 3.05) is 11.9 Å². The number of benzene rings is 1. The maximum Gasteiger partial charge on any atom is 0.0765 e. The van der Waals surface area contributed by atoms with Crippen molar-refractivity contribution in [2.45, 2.75) is 6.92 Å². The average Bonchev–Trinajstić information content (AvgIpc) is 2.05. The third-order valence-electron chi connectivity index (χ3n) is 1.38. The largest absolute Gasteiger partial charge is 0.374 e. The summed E-state index contributed by atoms with van der Waals surface area (Å²) in [5, 5.41) is 3.18. The van der Waals surface area contributed by atoms with Gasteiger partial charge in [0.1, 0.15) is 0 Å². The molecule has 1 N–H and O–H groups in total. The lowest BCUT2D eigenvalue weighted by Crippen LogP contribution is -1.97. The molecule has 0 fully saturated rings. The molecule has 0 spiro atoms. The van der Waals surface area contributed by atoms with Crippen molar-refractivity contribution >= 4 is 21.6 Å². The lowest BCUT2D eigenvalue weighted by molar-refractivity contribution is 1.37. The Hall–Kier alpha value is -0.940. The highest BCUT2D eigenvalue weighted by atomic mass is 79.9. The van der Waals surface area contributed by atoms with E-state index in [0.29, 0.717) is 6.54 Å². The molecule has 12 heavy (non-hydrogen) atoms. The molecule has 0 aliphatic heterocycles. The molecule has 1 aromatic carbocycles. The van der Waals surface area contributed by atoms with Crippen LogP contribution in [0.15, 0.2) is 28.7 Å². The molecule has 0 amide bonds. The minimum Gasteiger partial charge on any atom is -0.374 e. The van der Waals surface area contributed by atoms with Crippen molar-refractivity contribution in [2.24, 2.45) is 0 Å². The van der Waals surface area contributed by atoms with E-state index in [1.165, 1.54) is 0 Å². The molecule has 62 valence electrons. The van der Waals surface area contributed by atoms with Gasteiger partial charge in [0.15, 0.2) is 0 Å². The molecule has 1 aromatic rings. The van der Waals surface area contributed by atoms with Crippen molar-refractivity contribution in [3.8, 4) is 11.8 Å². The maximum atomic E-state index is 3.40. The molecule has 0 aliphatic carbocycles. The molecular formula is C10H10BrN. The van der Waals surface area contributed by atoms with E-state index in [4.69, 9.17) is 0 Å². The Morgan fingerprint density at radius 2 is 2.33 bits per heavy atom. The van der Waals surface area contributed by atoms with Crippen molar-refractivity contribution < 1.29 is 0 Å². The SMILES string of the molecule is CC#CCNc1cccc(Br)c1. The highest BCUT2D eigenvalue weighted by Gasteiger charge is 1.89. The van der Waals surface area contributed by atoms with Gasteiger partial charge in [0.2, 0.25) is 0 Å². The van der Waals surface area contributed by atoms with E-state index in [2.05, 4.69) is 33.1 Å². The third-order valence-corrected chi connectivity index (χ3v) is 1.88. The van der Waals surface area contributed by atoms with Gasteiger partial charge < -0.3 is 5.32 Å². The van der Waals surface area contributed by atoms with Gasteiger partial charge in [0.05, 0.1) is 6.54 Å². The van der Waals surface area contributed by atoms with Gasteiger partial charge in [0, 0.05) is 10.2 Å². The van der Waals surface area contributed by atoms with Crippen LogP contribution in [-0.2, 0) is 0 Å². The standard InChI is InChI=1S/C10H10BrN/c1-2-3-7-12-10-6-4-5-9(11)8-10/h4-6,8,12H,7H2,1H3. The van der Waals surface area contributed by atoms with Crippen molar-refractivity contribution in [1.29, 1.82) is 0 Å². The number of hydrogen-bond donors (Lipinski definition) is 1. The molecule has 0 unspecified atom stereocenters. The predicted molar refractivity (Wildman–Crippen MR) is 56.1 cm³/mol. The van der Waals surface area contributed by atoms with Crippen LogP contribution in [0.25, 0.3) is 0 Å². The van der Waals surface area contributed by atoms with E-state index in [9.17, 15) is 0 Å². The van der Waals surface area contributed by atoms with Gasteiger partial charge in [0.25, 0.3) is 0 Å². The zero-order valence-electron chi connectivity index (χ0n) is 6.89. The van der Waals surface area contributed by atoms with Crippen LogP contribution >= 0.6 is 15.9 Å². The summed E-state index contributed by atoms with van der Waals surface area (Å²) in [5.41, 5.74) is 1.09. The Morgan fingerprint density at radius 3 is 3.00 bits per heavy atom. The van der Waals surface area contributed by atoms with Gasteiger partial charge in [-0.3, -0.25) is 0 Å². The first kappa shape index (κ1) is 9.15. The minimum atomic E-state index is 0.701. The van der Waals surface area contributed by atoms with Crippen molar-refractivity contribution in [3.05, 3.63) is 28.7 Å². The summed E-state index contributed by atoms with van der Waals surface area (Å²) in [5.74, 6) is 5.77. The highest BCUT2D eigenvalue weighted by molar-refractivity contribution is 9.10. The Morgan fingerprint density at radius 1 is 1.50 bits per heavy atom. The number of nitrogens with one attached hydrogen (secondary N) is 1. The van der Waals surface area contributed by atoms with E-state index >= 15 is 0 Å². The number of halogens is 1. The molecule has 0 saturated carbocycles. The van der Waals surface area contributed by atoms with Gasteiger partial charge in [-0.15, -0.1) is 5.92 Å². The van der Waals surface area contributed by atoms with E-state index < -0.39 is 0 Å². The molecule has 0 saturated heterocycles. The number of rotatable bonds is 2. The van der Waals surface area contributed by atoms with E-state index in [1.54, 1.807) is 0 Å². The predicted octanol–water partition coefficient (Wildman–Crippen LogP) is 2.88. The smallest absolute Gasteiger partial charge is 0.0765 e. The second kappa shape index (κ2) is 4.84. The Kier molecular flexibility index (Phi) is 3.69. The van der Waals surface area contributed by atoms with Crippen molar-refractivity contribution in [3.63, 3.8) is 0 Å². The molecule has 0 heterocycles. The van der Waals surface area contributed by atoms with E-state index in [0.717, 1.165) is 10.2 Å². The summed E-state index contributed by atoms with van der Waals surface area (Å²) in [7, 11) is 0. The van der Waals surface area contributed by atoms with Crippen LogP contribution < -0.4 is 5.32 Å². The Bertz CT molecular complexity index is 309. The number of hydrogen-bond acceptors (Lipinski definition) is 1. The fraction of sp³-hybridized carbons (Fsp3) is 0.200. The summed E-state index contributed by atoms with van der Waals surface area (Å²) in [6.45, 7) is 2.54. The van der Waals surface area contributed by atoms with Crippen LogP contribution in [0.2, 0.25) is 0 Å². The Labute approximate surface area is 81.3 Å². The van der Waals surface area contributed by atoms with E-state index in [1.807, 2.05) is 31.2 Å². The second-order valence-electron chi connectivity index (χ2n) is 2.29. The topological polar surface area (TPSA) is 12.0 Å². The zero-order chi connectivity index (χ0) is 8.81. The Balaban J connectivity index is 2.55. The third kappa shape index (κ3) is 2.98. The summed E-state index contributed by atoms with van der Waals surface area (Å²) in [6, 6.07) is 8.03. The first-order chi connectivity index (χ1) is 5.83. The van der Waals surface area contributed by atoms with Crippen LogP contribution in [0, 0.1) is 11.8 Å². The van der Waals surface area contributed by atoms with E-state index in [-0.39, 0.29) is 0 Å². The molecule has 0 aliphatic rings. The first-order valence-electron chi connectivity index (χ1n) is 3.72. The molecular weight excluding hydrogens is 214 g/mol. The molecule has 0 aromatic heterocycles. The number of anilines is 1. The lowest BCUT2D eigenvalue weighted by Gasteiger charge is -2.01. The van der Waals surface area contributed by atoms with Gasteiger partial charge in [-0.25, -0.2) is 0 Å². The van der Waals surface area contributed by atoms with Crippen LogP contribution in [0.5, 0.6) is 0 Å². The van der Waals surface area contributed by atoms with Crippen LogP contribution in [0.4, 0.5) is 5.69 Å². The summed E-state index contributed by atoms with van der Waals surface area (Å²) >= 11 is 3.40. The van der Waals surface area contributed by atoms with Gasteiger partial charge in [-0.1, -0.05) is 27.9 Å². The summed E-state index contributed by atoms with van der Waals surface area (Å²) in [4.78, 5) is 0. The molecule has 1 rings (SSSR count). The quantitative estimate of drug-likeness (QED) is 0.761.